The Morgan fingerprint density at radius 2 is 1.65 bits per heavy atom. The monoisotopic (exact) mass is 330 g/mol. The van der Waals surface area contributed by atoms with Gasteiger partial charge in [-0.15, -0.1) is 0 Å². The van der Waals surface area contributed by atoms with E-state index in [0.717, 1.165) is 0 Å². The molecular formula is C16H14N2O4S. The minimum absolute atomic E-state index is 0.0654. The summed E-state index contributed by atoms with van der Waals surface area (Å²) in [7, 11) is -4.01. The summed E-state index contributed by atoms with van der Waals surface area (Å²) in [6.45, 7) is 1.39. The summed E-state index contributed by atoms with van der Waals surface area (Å²) in [5, 5.41) is 2.61. The van der Waals surface area contributed by atoms with Crippen molar-refractivity contribution in [2.45, 2.75) is 17.9 Å². The van der Waals surface area contributed by atoms with Crippen molar-refractivity contribution < 1.29 is 18.0 Å². The molecule has 118 valence electrons. The van der Waals surface area contributed by atoms with Crippen molar-refractivity contribution >= 4 is 27.5 Å². The van der Waals surface area contributed by atoms with E-state index in [-0.39, 0.29) is 10.5 Å². The molecule has 0 bridgehead atoms. The molecule has 0 saturated carbocycles. The number of nitrogens with zero attached hydrogens (tertiary/aromatic N) is 1. The Morgan fingerprint density at radius 1 is 1.04 bits per heavy atom. The van der Waals surface area contributed by atoms with Crippen LogP contribution in [-0.2, 0) is 14.8 Å². The summed E-state index contributed by atoms with van der Waals surface area (Å²) in [6.07, 6.45) is 0. The molecule has 0 saturated heterocycles. The van der Waals surface area contributed by atoms with Crippen LogP contribution in [0.25, 0.3) is 0 Å². The summed E-state index contributed by atoms with van der Waals surface area (Å²) < 4.78 is 25.7. The number of nitrogens with one attached hydrogen (secondary N) is 1. The van der Waals surface area contributed by atoms with Gasteiger partial charge < -0.3 is 5.32 Å². The fourth-order valence-corrected chi connectivity index (χ4v) is 4.19. The Kier molecular flexibility index (Phi) is 3.65. The molecule has 7 heteroatoms. The van der Waals surface area contributed by atoms with Gasteiger partial charge in [-0.2, -0.15) is 0 Å². The van der Waals surface area contributed by atoms with Crippen LogP contribution >= 0.6 is 0 Å². The van der Waals surface area contributed by atoms with Gasteiger partial charge >= 0.3 is 0 Å². The van der Waals surface area contributed by atoms with Crippen LogP contribution < -0.4 is 5.32 Å². The topological polar surface area (TPSA) is 83.6 Å². The minimum Gasteiger partial charge on any atom is -0.324 e. The van der Waals surface area contributed by atoms with E-state index in [4.69, 9.17) is 0 Å². The van der Waals surface area contributed by atoms with Gasteiger partial charge in [-0.3, -0.25) is 9.59 Å². The molecule has 3 rings (SSSR count). The van der Waals surface area contributed by atoms with Gasteiger partial charge in [-0.25, -0.2) is 12.7 Å². The third-order valence-electron chi connectivity index (χ3n) is 3.63. The Balaban J connectivity index is 1.90. The van der Waals surface area contributed by atoms with Crippen LogP contribution in [0.15, 0.2) is 59.5 Å². The van der Waals surface area contributed by atoms with Crippen molar-refractivity contribution in [3.63, 3.8) is 0 Å². The summed E-state index contributed by atoms with van der Waals surface area (Å²) in [5.74, 6) is -1.25. The normalized spacial score (nSPS) is 16.7. The molecular weight excluding hydrogens is 316 g/mol. The van der Waals surface area contributed by atoms with E-state index in [9.17, 15) is 18.0 Å². The number of rotatable bonds is 3. The van der Waals surface area contributed by atoms with E-state index in [1.54, 1.807) is 42.5 Å². The first kappa shape index (κ1) is 15.2. The lowest BCUT2D eigenvalue weighted by Crippen LogP contribution is -2.45. The van der Waals surface area contributed by atoms with Crippen LogP contribution in [0.4, 0.5) is 5.69 Å². The van der Waals surface area contributed by atoms with Crippen molar-refractivity contribution in [3.8, 4) is 0 Å². The zero-order chi connectivity index (χ0) is 16.6. The number of sulfonamides is 1. The Morgan fingerprint density at radius 3 is 2.30 bits per heavy atom. The highest BCUT2D eigenvalue weighted by atomic mass is 32.2. The Bertz CT molecular complexity index is 878. The van der Waals surface area contributed by atoms with Crippen molar-refractivity contribution in [3.05, 3.63) is 60.2 Å². The molecule has 0 fully saturated rings. The van der Waals surface area contributed by atoms with E-state index in [1.807, 2.05) is 0 Å². The number of para-hydroxylation sites is 1. The zero-order valence-corrected chi connectivity index (χ0v) is 13.1. The molecule has 2 aromatic rings. The first-order valence-electron chi connectivity index (χ1n) is 6.96. The number of amides is 2. The van der Waals surface area contributed by atoms with Gasteiger partial charge in [0.05, 0.1) is 5.56 Å². The van der Waals surface area contributed by atoms with E-state index in [0.29, 0.717) is 9.99 Å². The van der Waals surface area contributed by atoms with Gasteiger partial charge in [0.25, 0.3) is 15.9 Å². The Labute approximate surface area is 133 Å². The lowest BCUT2D eigenvalue weighted by Gasteiger charge is -2.22. The van der Waals surface area contributed by atoms with E-state index < -0.39 is 27.9 Å². The average Bonchev–Trinajstić information content (AvgIpc) is 2.75. The van der Waals surface area contributed by atoms with Crippen molar-refractivity contribution in [1.29, 1.82) is 0 Å². The fourth-order valence-electron chi connectivity index (χ4n) is 2.46. The molecule has 0 unspecified atom stereocenters. The number of anilines is 1. The molecule has 1 heterocycles. The second kappa shape index (κ2) is 5.51. The van der Waals surface area contributed by atoms with Crippen LogP contribution in [0.1, 0.15) is 17.3 Å². The molecule has 0 aliphatic carbocycles. The maximum absolute atomic E-state index is 12.5. The van der Waals surface area contributed by atoms with Gasteiger partial charge in [0, 0.05) is 5.69 Å². The predicted molar refractivity (Wildman–Crippen MR) is 84.3 cm³/mol. The fraction of sp³-hybridized carbons (Fsp3) is 0.125. The lowest BCUT2D eigenvalue weighted by molar-refractivity contribution is -0.118. The number of hydrogen-bond donors (Lipinski definition) is 1. The second-order valence-electron chi connectivity index (χ2n) is 5.13. The zero-order valence-electron chi connectivity index (χ0n) is 12.3. The van der Waals surface area contributed by atoms with E-state index in [2.05, 4.69) is 5.32 Å². The number of benzene rings is 2. The molecule has 0 spiro atoms. The quantitative estimate of drug-likeness (QED) is 0.931. The second-order valence-corrected chi connectivity index (χ2v) is 6.92. The highest BCUT2D eigenvalue weighted by Crippen LogP contribution is 2.31. The van der Waals surface area contributed by atoms with Gasteiger partial charge in [0.1, 0.15) is 10.9 Å². The number of fused-ring (bicyclic) bond motifs is 1. The van der Waals surface area contributed by atoms with E-state index in [1.165, 1.54) is 19.1 Å². The molecule has 0 radical (unpaired) electrons. The smallest absolute Gasteiger partial charge is 0.269 e. The maximum atomic E-state index is 12.5. The SMILES string of the molecule is C[C@@H](C(=O)Nc1ccccc1)N1C(=O)c2ccccc2S1(=O)=O. The van der Waals surface area contributed by atoms with Gasteiger partial charge in [0.2, 0.25) is 5.91 Å². The number of hydrogen-bond acceptors (Lipinski definition) is 4. The summed E-state index contributed by atoms with van der Waals surface area (Å²) >= 11 is 0. The third-order valence-corrected chi connectivity index (χ3v) is 5.54. The predicted octanol–water partition coefficient (Wildman–Crippen LogP) is 1.86. The number of carbonyl (C=O) groups excluding carboxylic acids is 2. The molecule has 6 nitrogen and oxygen atoms in total. The third kappa shape index (κ3) is 2.49. The molecule has 1 atom stereocenters. The largest absolute Gasteiger partial charge is 0.324 e. The maximum Gasteiger partial charge on any atom is 0.269 e. The van der Waals surface area contributed by atoms with E-state index >= 15 is 0 Å². The van der Waals surface area contributed by atoms with Crippen LogP contribution in [0.3, 0.4) is 0 Å². The summed E-state index contributed by atoms with van der Waals surface area (Å²) in [4.78, 5) is 24.6. The van der Waals surface area contributed by atoms with Crippen molar-refractivity contribution in [1.82, 2.24) is 4.31 Å². The average molecular weight is 330 g/mol. The first-order valence-corrected chi connectivity index (χ1v) is 8.40. The van der Waals surface area contributed by atoms with Crippen LogP contribution in [0.5, 0.6) is 0 Å². The van der Waals surface area contributed by atoms with Gasteiger partial charge in [0.15, 0.2) is 0 Å². The molecule has 2 amide bonds. The highest BCUT2D eigenvalue weighted by molar-refractivity contribution is 7.90. The highest BCUT2D eigenvalue weighted by Gasteiger charge is 2.45. The van der Waals surface area contributed by atoms with Crippen molar-refractivity contribution in [2.24, 2.45) is 0 Å². The van der Waals surface area contributed by atoms with Crippen molar-refractivity contribution in [2.75, 3.05) is 5.32 Å². The Hall–Kier alpha value is -2.67. The van der Waals surface area contributed by atoms with Crippen LogP contribution in [0, 0.1) is 0 Å². The molecule has 1 aliphatic heterocycles. The summed E-state index contributed by atoms with van der Waals surface area (Å²) in [6, 6.07) is 13.4. The molecule has 1 N–H and O–H groups in total. The van der Waals surface area contributed by atoms with Crippen LogP contribution in [0.2, 0.25) is 0 Å². The van der Waals surface area contributed by atoms with Crippen LogP contribution in [-0.4, -0.2) is 30.6 Å². The molecule has 1 aliphatic rings. The standard InChI is InChI=1S/C16H14N2O4S/c1-11(15(19)17-12-7-3-2-4-8-12)18-16(20)13-9-5-6-10-14(13)23(18,21)22/h2-11H,1H3,(H,17,19)/t11-/m0/s1. The number of carbonyl (C=O) groups is 2. The lowest BCUT2D eigenvalue weighted by atomic mass is 10.2. The molecule has 23 heavy (non-hydrogen) atoms. The van der Waals surface area contributed by atoms with Gasteiger partial charge in [-0.05, 0) is 31.2 Å². The molecule has 0 aromatic heterocycles. The first-order chi connectivity index (χ1) is 10.9. The van der Waals surface area contributed by atoms with Gasteiger partial charge in [-0.1, -0.05) is 30.3 Å². The summed E-state index contributed by atoms with van der Waals surface area (Å²) in [5.41, 5.74) is 0.623. The minimum atomic E-state index is -4.01. The molecule has 2 aromatic carbocycles.